The third kappa shape index (κ3) is 8.38. The molecule has 38 heavy (non-hydrogen) atoms. The lowest BCUT2D eigenvalue weighted by atomic mass is 9.95. The Balaban J connectivity index is 1.50. The van der Waals surface area contributed by atoms with E-state index in [1.54, 1.807) is 6.07 Å². The number of benzene rings is 2. The molecule has 0 aromatic heterocycles. The van der Waals surface area contributed by atoms with Crippen LogP contribution in [0.5, 0.6) is 0 Å². The van der Waals surface area contributed by atoms with Crippen LogP contribution in [0.1, 0.15) is 64.8 Å². The van der Waals surface area contributed by atoms with E-state index in [4.69, 9.17) is 0 Å². The van der Waals surface area contributed by atoms with Gasteiger partial charge < -0.3 is 25.3 Å². The van der Waals surface area contributed by atoms with Crippen molar-refractivity contribution in [1.82, 2.24) is 25.3 Å². The number of nitrogens with one attached hydrogen (secondary N) is 2. The van der Waals surface area contributed by atoms with Crippen LogP contribution in [0.4, 0.5) is 0 Å². The summed E-state index contributed by atoms with van der Waals surface area (Å²) >= 11 is 0. The van der Waals surface area contributed by atoms with Crippen LogP contribution in [0.25, 0.3) is 11.1 Å². The Morgan fingerprint density at radius 1 is 0.737 bits per heavy atom. The molecule has 2 N–H and O–H groups in total. The quantitative estimate of drug-likeness (QED) is 0.472. The summed E-state index contributed by atoms with van der Waals surface area (Å²) in [4.78, 5) is 33.5. The Labute approximate surface area is 228 Å². The minimum Gasteiger partial charge on any atom is -0.351 e. The van der Waals surface area contributed by atoms with Crippen LogP contribution >= 0.6 is 0 Å². The first kappa shape index (κ1) is 28.3. The lowest BCUT2D eigenvalue weighted by Crippen LogP contribution is -2.38. The Kier molecular flexibility index (Phi) is 10.7. The molecular formula is C31H45N5O2. The van der Waals surface area contributed by atoms with Gasteiger partial charge in [-0.3, -0.25) is 9.59 Å². The Morgan fingerprint density at radius 3 is 1.74 bits per heavy atom. The fourth-order valence-corrected chi connectivity index (χ4v) is 5.55. The van der Waals surface area contributed by atoms with E-state index in [1.165, 1.54) is 38.5 Å². The summed E-state index contributed by atoms with van der Waals surface area (Å²) in [5.74, 6) is -0.257. The van der Waals surface area contributed by atoms with Gasteiger partial charge in [0, 0.05) is 43.9 Å². The van der Waals surface area contributed by atoms with Gasteiger partial charge in [-0.1, -0.05) is 37.1 Å². The van der Waals surface area contributed by atoms with Crippen molar-refractivity contribution in [3.63, 3.8) is 0 Å². The molecule has 2 amide bonds. The molecule has 2 aromatic carbocycles. The zero-order valence-electron chi connectivity index (χ0n) is 23.3. The van der Waals surface area contributed by atoms with Crippen molar-refractivity contribution < 1.29 is 9.59 Å². The van der Waals surface area contributed by atoms with Gasteiger partial charge in [-0.15, -0.1) is 0 Å². The number of carbonyl (C=O) groups excluding carboxylic acids is 2. The molecular weight excluding hydrogens is 474 g/mol. The molecule has 7 nitrogen and oxygen atoms in total. The van der Waals surface area contributed by atoms with Crippen LogP contribution in [0.2, 0.25) is 0 Å². The maximum absolute atomic E-state index is 13.3. The van der Waals surface area contributed by atoms with Gasteiger partial charge in [-0.05, 0) is 101 Å². The highest BCUT2D eigenvalue weighted by Crippen LogP contribution is 2.27. The lowest BCUT2D eigenvalue weighted by Gasteiger charge is -2.26. The summed E-state index contributed by atoms with van der Waals surface area (Å²) in [6, 6.07) is 13.8. The molecule has 0 radical (unpaired) electrons. The predicted octanol–water partition coefficient (Wildman–Crippen LogP) is 3.85. The number of rotatable bonds is 11. The molecule has 2 fully saturated rings. The number of hydrogen-bond donors (Lipinski definition) is 2. The first-order chi connectivity index (χ1) is 18.5. The number of nitrogens with zero attached hydrogens (tertiary/aromatic N) is 3. The van der Waals surface area contributed by atoms with Crippen molar-refractivity contribution in [2.24, 2.45) is 0 Å². The highest BCUT2D eigenvalue weighted by atomic mass is 16.2. The molecule has 2 aromatic rings. The zero-order valence-corrected chi connectivity index (χ0v) is 23.3. The van der Waals surface area contributed by atoms with Gasteiger partial charge in [0.2, 0.25) is 0 Å². The topological polar surface area (TPSA) is 67.9 Å². The fourth-order valence-electron chi connectivity index (χ4n) is 5.55. The van der Waals surface area contributed by atoms with E-state index < -0.39 is 0 Å². The van der Waals surface area contributed by atoms with Gasteiger partial charge in [-0.25, -0.2) is 0 Å². The summed E-state index contributed by atoms with van der Waals surface area (Å²) in [5.41, 5.74) is 4.17. The molecule has 4 rings (SSSR count). The summed E-state index contributed by atoms with van der Waals surface area (Å²) in [5, 5.41) is 6.19. The summed E-state index contributed by atoms with van der Waals surface area (Å²) in [6.07, 6.45) is 7.54. The fraction of sp³-hybridized carbons (Fsp3) is 0.548. The van der Waals surface area contributed by atoms with E-state index in [9.17, 15) is 9.59 Å². The number of carbonyl (C=O) groups is 2. The number of hydrogen-bond acceptors (Lipinski definition) is 5. The van der Waals surface area contributed by atoms with E-state index in [2.05, 4.69) is 37.5 Å². The summed E-state index contributed by atoms with van der Waals surface area (Å²) in [6.45, 7) is 8.15. The van der Waals surface area contributed by atoms with Crippen LogP contribution in [-0.4, -0.2) is 93.0 Å². The Hall–Kier alpha value is -2.74. The molecule has 0 atom stereocenters. The molecule has 2 heterocycles. The van der Waals surface area contributed by atoms with E-state index in [-0.39, 0.29) is 11.8 Å². The molecule has 0 spiro atoms. The molecule has 2 saturated heterocycles. The SMILES string of the molecule is CN(C)Cc1ccccc1-c1cc(C(=O)NCCN2CCCCC2)cc(C(=O)NCCN2CCCCC2)c1. The van der Waals surface area contributed by atoms with Gasteiger partial charge in [0.05, 0.1) is 0 Å². The average Bonchev–Trinajstić information content (AvgIpc) is 2.94. The molecule has 2 aliphatic heterocycles. The highest BCUT2D eigenvalue weighted by Gasteiger charge is 2.17. The molecule has 0 bridgehead atoms. The van der Waals surface area contributed by atoms with Crippen LogP contribution < -0.4 is 10.6 Å². The van der Waals surface area contributed by atoms with E-state index in [0.29, 0.717) is 24.2 Å². The van der Waals surface area contributed by atoms with Crippen molar-refractivity contribution in [1.29, 1.82) is 0 Å². The normalized spacial score (nSPS) is 16.9. The predicted molar refractivity (Wildman–Crippen MR) is 155 cm³/mol. The maximum Gasteiger partial charge on any atom is 0.251 e. The maximum atomic E-state index is 13.3. The first-order valence-electron chi connectivity index (χ1n) is 14.4. The molecule has 2 aliphatic rings. The third-order valence-corrected chi connectivity index (χ3v) is 7.60. The molecule has 0 aliphatic carbocycles. The second kappa shape index (κ2) is 14.4. The van der Waals surface area contributed by atoms with Crippen LogP contribution in [0.15, 0.2) is 42.5 Å². The minimum absolute atomic E-state index is 0.128. The van der Waals surface area contributed by atoms with E-state index in [0.717, 1.165) is 62.5 Å². The van der Waals surface area contributed by atoms with Crippen LogP contribution in [0, 0.1) is 0 Å². The number of likely N-dealkylation sites (tertiary alicyclic amines) is 2. The van der Waals surface area contributed by atoms with Gasteiger partial charge in [0.25, 0.3) is 11.8 Å². The van der Waals surface area contributed by atoms with Crippen molar-refractivity contribution >= 4 is 11.8 Å². The third-order valence-electron chi connectivity index (χ3n) is 7.60. The Bertz CT molecular complexity index is 1000. The van der Waals surface area contributed by atoms with Gasteiger partial charge in [-0.2, -0.15) is 0 Å². The van der Waals surface area contributed by atoms with E-state index in [1.807, 2.05) is 38.4 Å². The summed E-state index contributed by atoms with van der Waals surface area (Å²) < 4.78 is 0. The highest BCUT2D eigenvalue weighted by molar-refractivity contribution is 6.01. The molecule has 206 valence electrons. The van der Waals surface area contributed by atoms with Crippen molar-refractivity contribution in [2.75, 3.05) is 66.5 Å². The van der Waals surface area contributed by atoms with Gasteiger partial charge >= 0.3 is 0 Å². The van der Waals surface area contributed by atoms with Crippen molar-refractivity contribution in [3.05, 3.63) is 59.2 Å². The molecule has 0 saturated carbocycles. The number of piperidine rings is 2. The van der Waals surface area contributed by atoms with Gasteiger partial charge in [0.15, 0.2) is 0 Å². The minimum atomic E-state index is -0.128. The first-order valence-corrected chi connectivity index (χ1v) is 14.4. The zero-order chi connectivity index (χ0) is 26.7. The monoisotopic (exact) mass is 519 g/mol. The smallest absolute Gasteiger partial charge is 0.251 e. The molecule has 7 heteroatoms. The van der Waals surface area contributed by atoms with Gasteiger partial charge in [0.1, 0.15) is 0 Å². The second-order valence-corrected chi connectivity index (χ2v) is 11.0. The van der Waals surface area contributed by atoms with Crippen molar-refractivity contribution in [2.45, 2.75) is 45.1 Å². The lowest BCUT2D eigenvalue weighted by molar-refractivity contribution is 0.0946. The summed E-state index contributed by atoms with van der Waals surface area (Å²) in [7, 11) is 4.09. The van der Waals surface area contributed by atoms with E-state index >= 15 is 0 Å². The standard InChI is InChI=1S/C31H45N5O2/c1-34(2)24-25-11-5-6-12-29(25)26-21-27(30(37)32-13-19-35-15-7-3-8-16-35)23-28(22-26)31(38)33-14-20-36-17-9-4-10-18-36/h5-6,11-12,21-23H,3-4,7-10,13-20,24H2,1-2H3,(H,32,37)(H,33,38). The Morgan fingerprint density at radius 2 is 1.24 bits per heavy atom. The number of amides is 2. The largest absolute Gasteiger partial charge is 0.351 e. The van der Waals surface area contributed by atoms with Crippen LogP contribution in [0.3, 0.4) is 0 Å². The average molecular weight is 520 g/mol. The second-order valence-electron chi connectivity index (χ2n) is 11.0. The van der Waals surface area contributed by atoms with Crippen LogP contribution in [-0.2, 0) is 6.54 Å². The molecule has 0 unspecified atom stereocenters. The van der Waals surface area contributed by atoms with Crippen molar-refractivity contribution in [3.8, 4) is 11.1 Å².